The lowest BCUT2D eigenvalue weighted by Crippen LogP contribution is -2.38. The molecule has 6 nitrogen and oxygen atoms in total. The SMILES string of the molecule is CC(C)(C)OC(=O)[C@H](Cc1ccccc1)Nc1nnc(-c2ccccc2)cc1C#N. The number of anilines is 1. The monoisotopic (exact) mass is 400 g/mol. The lowest BCUT2D eigenvalue weighted by Gasteiger charge is -2.25. The second kappa shape index (κ2) is 9.19. The Morgan fingerprint density at radius 2 is 1.70 bits per heavy atom. The fraction of sp³-hybridized carbons (Fsp3) is 0.250. The molecule has 2 aromatic carbocycles. The van der Waals surface area contributed by atoms with Gasteiger partial charge >= 0.3 is 5.97 Å². The molecule has 0 spiro atoms. The van der Waals surface area contributed by atoms with Gasteiger partial charge in [0, 0.05) is 12.0 Å². The minimum absolute atomic E-state index is 0.254. The van der Waals surface area contributed by atoms with Gasteiger partial charge in [-0.05, 0) is 32.4 Å². The van der Waals surface area contributed by atoms with Crippen LogP contribution in [0.2, 0.25) is 0 Å². The molecule has 0 bridgehead atoms. The van der Waals surface area contributed by atoms with Gasteiger partial charge in [0.1, 0.15) is 17.7 Å². The van der Waals surface area contributed by atoms with E-state index in [9.17, 15) is 10.1 Å². The molecule has 0 aliphatic rings. The normalized spacial score (nSPS) is 11.9. The molecular formula is C24H24N4O2. The maximum absolute atomic E-state index is 12.8. The van der Waals surface area contributed by atoms with E-state index in [0.29, 0.717) is 17.7 Å². The number of esters is 1. The summed E-state index contributed by atoms with van der Waals surface area (Å²) in [6.45, 7) is 5.46. The Bertz CT molecular complexity index is 1040. The maximum Gasteiger partial charge on any atom is 0.329 e. The van der Waals surface area contributed by atoms with Gasteiger partial charge in [-0.25, -0.2) is 4.79 Å². The Hall–Kier alpha value is -3.72. The molecule has 1 N–H and O–H groups in total. The highest BCUT2D eigenvalue weighted by Crippen LogP contribution is 2.22. The van der Waals surface area contributed by atoms with E-state index in [0.717, 1.165) is 11.1 Å². The van der Waals surface area contributed by atoms with Gasteiger partial charge < -0.3 is 10.1 Å². The molecule has 0 unspecified atom stereocenters. The number of benzene rings is 2. The van der Waals surface area contributed by atoms with Gasteiger partial charge in [0.2, 0.25) is 0 Å². The lowest BCUT2D eigenvalue weighted by atomic mass is 10.0. The third-order valence-electron chi connectivity index (χ3n) is 4.27. The Morgan fingerprint density at radius 1 is 1.07 bits per heavy atom. The summed E-state index contributed by atoms with van der Waals surface area (Å²) in [7, 11) is 0. The first-order valence-corrected chi connectivity index (χ1v) is 9.72. The molecule has 30 heavy (non-hydrogen) atoms. The Morgan fingerprint density at radius 3 is 2.30 bits per heavy atom. The van der Waals surface area contributed by atoms with Crippen LogP contribution in [0.15, 0.2) is 66.7 Å². The van der Waals surface area contributed by atoms with Gasteiger partial charge in [-0.3, -0.25) is 0 Å². The minimum Gasteiger partial charge on any atom is -0.458 e. The summed E-state index contributed by atoms with van der Waals surface area (Å²) in [5.74, 6) is -0.159. The maximum atomic E-state index is 12.8. The van der Waals surface area contributed by atoms with Crippen LogP contribution in [0, 0.1) is 11.3 Å². The molecule has 0 aliphatic heterocycles. The number of rotatable bonds is 6. The molecule has 1 aromatic heterocycles. The molecule has 0 saturated carbocycles. The predicted octanol–water partition coefficient (Wildman–Crippen LogP) is 4.38. The molecule has 0 aliphatic carbocycles. The highest BCUT2D eigenvalue weighted by atomic mass is 16.6. The van der Waals surface area contributed by atoms with Crippen molar-refractivity contribution in [3.63, 3.8) is 0 Å². The molecule has 3 aromatic rings. The Labute approximate surface area is 176 Å². The van der Waals surface area contributed by atoms with Crippen molar-refractivity contribution in [2.75, 3.05) is 5.32 Å². The molecule has 6 heteroatoms. The molecule has 1 heterocycles. The number of ether oxygens (including phenoxy) is 1. The van der Waals surface area contributed by atoms with Gasteiger partial charge in [-0.2, -0.15) is 5.26 Å². The average Bonchev–Trinajstić information content (AvgIpc) is 2.73. The van der Waals surface area contributed by atoms with Crippen LogP contribution in [0.4, 0.5) is 5.82 Å². The van der Waals surface area contributed by atoms with E-state index in [1.54, 1.807) is 6.07 Å². The summed E-state index contributed by atoms with van der Waals surface area (Å²) in [6.07, 6.45) is 0.392. The van der Waals surface area contributed by atoms with E-state index >= 15 is 0 Å². The van der Waals surface area contributed by atoms with Crippen LogP contribution < -0.4 is 5.32 Å². The van der Waals surface area contributed by atoms with Crippen molar-refractivity contribution in [3.8, 4) is 17.3 Å². The first-order valence-electron chi connectivity index (χ1n) is 9.72. The average molecular weight is 400 g/mol. The largest absolute Gasteiger partial charge is 0.458 e. The smallest absolute Gasteiger partial charge is 0.329 e. The highest BCUT2D eigenvalue weighted by Gasteiger charge is 2.27. The van der Waals surface area contributed by atoms with Crippen molar-refractivity contribution in [3.05, 3.63) is 77.9 Å². The number of aromatic nitrogens is 2. The number of hydrogen-bond donors (Lipinski definition) is 1. The van der Waals surface area contributed by atoms with E-state index in [1.807, 2.05) is 81.4 Å². The number of nitriles is 1. The second-order valence-electron chi connectivity index (χ2n) is 7.89. The molecule has 0 amide bonds. The molecular weight excluding hydrogens is 376 g/mol. The fourth-order valence-corrected chi connectivity index (χ4v) is 2.91. The van der Waals surface area contributed by atoms with Gasteiger partial charge in [-0.15, -0.1) is 10.2 Å². The van der Waals surface area contributed by atoms with Crippen molar-refractivity contribution in [2.45, 2.75) is 38.8 Å². The van der Waals surface area contributed by atoms with Crippen molar-refractivity contribution < 1.29 is 9.53 Å². The predicted molar refractivity (Wildman–Crippen MR) is 116 cm³/mol. The lowest BCUT2D eigenvalue weighted by molar-refractivity contribution is -0.155. The summed E-state index contributed by atoms with van der Waals surface area (Å²) < 4.78 is 5.58. The van der Waals surface area contributed by atoms with Gasteiger partial charge in [0.15, 0.2) is 5.82 Å². The van der Waals surface area contributed by atoms with Crippen molar-refractivity contribution >= 4 is 11.8 Å². The Kier molecular flexibility index (Phi) is 6.43. The third kappa shape index (κ3) is 5.65. The van der Waals surface area contributed by atoms with E-state index in [-0.39, 0.29) is 5.82 Å². The number of carbonyl (C=O) groups is 1. The summed E-state index contributed by atoms with van der Waals surface area (Å²) in [5, 5.41) is 21.2. The fourth-order valence-electron chi connectivity index (χ4n) is 2.91. The quantitative estimate of drug-likeness (QED) is 0.618. The van der Waals surface area contributed by atoms with E-state index in [1.165, 1.54) is 0 Å². The van der Waals surface area contributed by atoms with Gasteiger partial charge in [0.25, 0.3) is 0 Å². The first-order chi connectivity index (χ1) is 14.4. The van der Waals surface area contributed by atoms with Crippen molar-refractivity contribution in [1.82, 2.24) is 10.2 Å². The summed E-state index contributed by atoms with van der Waals surface area (Å²) >= 11 is 0. The number of carbonyl (C=O) groups excluding carboxylic acids is 1. The van der Waals surface area contributed by atoms with Crippen molar-refractivity contribution in [1.29, 1.82) is 5.26 Å². The summed E-state index contributed by atoms with van der Waals surface area (Å²) in [6, 6.07) is 22.2. The van der Waals surface area contributed by atoms with Crippen LogP contribution in [0.1, 0.15) is 31.9 Å². The van der Waals surface area contributed by atoms with E-state index < -0.39 is 17.6 Å². The number of hydrogen-bond acceptors (Lipinski definition) is 6. The summed E-state index contributed by atoms with van der Waals surface area (Å²) in [4.78, 5) is 12.8. The van der Waals surface area contributed by atoms with E-state index in [4.69, 9.17) is 4.74 Å². The van der Waals surface area contributed by atoms with E-state index in [2.05, 4.69) is 21.6 Å². The molecule has 0 radical (unpaired) electrons. The van der Waals surface area contributed by atoms with Crippen LogP contribution in [-0.2, 0) is 16.0 Å². The number of nitrogens with zero attached hydrogens (tertiary/aromatic N) is 3. The second-order valence-corrected chi connectivity index (χ2v) is 7.89. The zero-order valence-electron chi connectivity index (χ0n) is 17.3. The van der Waals surface area contributed by atoms with Crippen LogP contribution in [-0.4, -0.2) is 27.8 Å². The molecule has 1 atom stereocenters. The van der Waals surface area contributed by atoms with Gasteiger partial charge in [0.05, 0.1) is 11.3 Å². The third-order valence-corrected chi connectivity index (χ3v) is 4.27. The van der Waals surface area contributed by atoms with Crippen molar-refractivity contribution in [2.24, 2.45) is 0 Å². The van der Waals surface area contributed by atoms with Gasteiger partial charge in [-0.1, -0.05) is 60.7 Å². The van der Waals surface area contributed by atoms with Crippen LogP contribution in [0.3, 0.4) is 0 Å². The topological polar surface area (TPSA) is 87.9 Å². The number of nitrogens with one attached hydrogen (secondary N) is 1. The summed E-state index contributed by atoms with van der Waals surface area (Å²) in [5.41, 5.74) is 2.10. The minimum atomic E-state index is -0.712. The zero-order chi connectivity index (χ0) is 21.6. The molecule has 0 fully saturated rings. The molecule has 152 valence electrons. The van der Waals surface area contributed by atoms with Crippen LogP contribution in [0.5, 0.6) is 0 Å². The highest BCUT2D eigenvalue weighted by molar-refractivity contribution is 5.80. The standard InChI is InChI=1S/C24H24N4O2/c1-24(2,3)30-23(29)21(14-17-10-6-4-7-11-17)26-22-19(16-25)15-20(27-28-22)18-12-8-5-9-13-18/h4-13,15,21H,14H2,1-3H3,(H,26,28)/t21-/m0/s1. The van der Waals surface area contributed by atoms with Crippen LogP contribution in [0.25, 0.3) is 11.3 Å². The first kappa shape index (κ1) is 21.0. The Balaban J connectivity index is 1.89. The molecule has 0 saturated heterocycles. The zero-order valence-corrected chi connectivity index (χ0v) is 17.3. The molecule has 3 rings (SSSR count). The van der Waals surface area contributed by atoms with Crippen LogP contribution >= 0.6 is 0 Å².